The van der Waals surface area contributed by atoms with E-state index < -0.39 is 30.7 Å². The van der Waals surface area contributed by atoms with Crippen molar-refractivity contribution in [3.8, 4) is 0 Å². The Labute approximate surface area is 191 Å². The van der Waals surface area contributed by atoms with Gasteiger partial charge in [0.15, 0.2) is 6.67 Å². The minimum absolute atomic E-state index is 0.111. The molecule has 0 spiro atoms. The van der Waals surface area contributed by atoms with E-state index in [-0.39, 0.29) is 12.3 Å². The minimum atomic E-state index is -5.94. The largest absolute Gasteiger partial charge is 0.426 e. The summed E-state index contributed by atoms with van der Waals surface area (Å²) in [7, 11) is 0. The van der Waals surface area contributed by atoms with Crippen LogP contribution in [0.3, 0.4) is 0 Å². The molecule has 0 bridgehead atoms. The predicted octanol–water partition coefficient (Wildman–Crippen LogP) is 8.50. The number of alkyl halides is 7. The van der Waals surface area contributed by atoms with Gasteiger partial charge in [-0.05, 0) is 74.2 Å². The number of halogens is 7. The Kier molecular flexibility index (Phi) is 8.61. The Morgan fingerprint density at radius 3 is 1.94 bits per heavy atom. The average Bonchev–Trinajstić information content (AvgIpc) is 2.80. The SMILES string of the molecule is CCCC1CCC(C2CCC(C3=CCC(OC(F)(F)C(F)(F)C(F)(F)CF)C=C3)CC2)CC1. The molecule has 1 nitrogen and oxygen atoms in total. The molecule has 33 heavy (non-hydrogen) atoms. The summed E-state index contributed by atoms with van der Waals surface area (Å²) in [4.78, 5) is 0. The second-order valence-electron chi connectivity index (χ2n) is 10.1. The van der Waals surface area contributed by atoms with Crippen molar-refractivity contribution in [3.05, 3.63) is 23.8 Å². The molecular weight excluding hydrogens is 449 g/mol. The van der Waals surface area contributed by atoms with Gasteiger partial charge in [0, 0.05) is 0 Å². The Morgan fingerprint density at radius 2 is 1.45 bits per heavy atom. The fraction of sp³-hybridized carbons (Fsp3) is 0.840. The second-order valence-corrected chi connectivity index (χ2v) is 10.1. The van der Waals surface area contributed by atoms with Crippen molar-refractivity contribution in [1.82, 2.24) is 0 Å². The van der Waals surface area contributed by atoms with E-state index in [4.69, 9.17) is 0 Å². The fourth-order valence-electron chi connectivity index (χ4n) is 5.85. The average molecular weight is 485 g/mol. The van der Waals surface area contributed by atoms with Crippen LogP contribution < -0.4 is 0 Å². The maximum absolute atomic E-state index is 13.7. The first-order valence-corrected chi connectivity index (χ1v) is 12.3. The van der Waals surface area contributed by atoms with Crippen LogP contribution in [0.25, 0.3) is 0 Å². The molecule has 2 fully saturated rings. The summed E-state index contributed by atoms with van der Waals surface area (Å²) in [6.07, 6.45) is 9.49. The van der Waals surface area contributed by atoms with Crippen LogP contribution in [-0.4, -0.2) is 30.7 Å². The smallest absolute Gasteiger partial charge is 0.308 e. The number of hydrogen-bond donors (Lipinski definition) is 0. The number of hydrogen-bond acceptors (Lipinski definition) is 1. The lowest BCUT2D eigenvalue weighted by Crippen LogP contribution is -2.57. The normalized spacial score (nSPS) is 32.0. The lowest BCUT2D eigenvalue weighted by molar-refractivity contribution is -0.405. The monoisotopic (exact) mass is 484 g/mol. The minimum Gasteiger partial charge on any atom is -0.308 e. The summed E-state index contributed by atoms with van der Waals surface area (Å²) in [6, 6.07) is 0. The molecule has 0 N–H and O–H groups in total. The van der Waals surface area contributed by atoms with E-state index in [1.807, 2.05) is 0 Å². The molecule has 0 aromatic carbocycles. The van der Waals surface area contributed by atoms with Crippen LogP contribution in [0.4, 0.5) is 30.7 Å². The Bertz CT molecular complexity index is 687. The molecule has 0 aromatic rings. The van der Waals surface area contributed by atoms with Gasteiger partial charge in [0.05, 0.1) is 6.10 Å². The van der Waals surface area contributed by atoms with Gasteiger partial charge in [-0.2, -0.15) is 26.3 Å². The molecule has 3 aliphatic carbocycles. The molecule has 0 aromatic heterocycles. The molecule has 3 aliphatic rings. The number of rotatable bonds is 9. The molecule has 3 rings (SSSR count). The van der Waals surface area contributed by atoms with Crippen molar-refractivity contribution in [3.63, 3.8) is 0 Å². The van der Waals surface area contributed by atoms with Crippen molar-refractivity contribution < 1.29 is 35.5 Å². The third-order valence-corrected chi connectivity index (χ3v) is 7.88. The van der Waals surface area contributed by atoms with Crippen molar-refractivity contribution in [2.45, 2.75) is 102 Å². The maximum Gasteiger partial charge on any atom is 0.426 e. The van der Waals surface area contributed by atoms with Gasteiger partial charge in [-0.15, -0.1) is 0 Å². The van der Waals surface area contributed by atoms with Gasteiger partial charge in [-0.3, -0.25) is 0 Å². The highest BCUT2D eigenvalue weighted by molar-refractivity contribution is 5.27. The van der Waals surface area contributed by atoms with E-state index in [0.717, 1.165) is 49.0 Å². The van der Waals surface area contributed by atoms with Crippen molar-refractivity contribution in [2.24, 2.45) is 23.7 Å². The highest BCUT2D eigenvalue weighted by Gasteiger charge is 2.73. The molecule has 0 amide bonds. The van der Waals surface area contributed by atoms with E-state index in [1.165, 1.54) is 44.6 Å². The first-order valence-electron chi connectivity index (χ1n) is 12.3. The standard InChI is InChI=1S/C25H35F7O/c1-2-3-17-4-6-18(7-5-17)19-8-10-20(11-9-19)21-12-14-22(15-13-21)33-25(31,32)24(29,30)23(27,28)16-26/h12-14,17-20,22H,2-11,15-16H2,1H3. The molecule has 190 valence electrons. The summed E-state index contributed by atoms with van der Waals surface area (Å²) in [5.74, 6) is -8.77. The number of ether oxygens (including phenoxy) is 1. The summed E-state index contributed by atoms with van der Waals surface area (Å²) < 4.78 is 96.6. The topological polar surface area (TPSA) is 9.23 Å². The van der Waals surface area contributed by atoms with Crippen molar-refractivity contribution in [2.75, 3.05) is 6.67 Å². The first kappa shape index (κ1) is 26.6. The third kappa shape index (κ3) is 5.96. The molecule has 2 saturated carbocycles. The lowest BCUT2D eigenvalue weighted by Gasteiger charge is -2.38. The highest BCUT2D eigenvalue weighted by atomic mass is 19.4. The van der Waals surface area contributed by atoms with Crippen molar-refractivity contribution in [1.29, 1.82) is 0 Å². The Morgan fingerprint density at radius 1 is 0.879 bits per heavy atom. The van der Waals surface area contributed by atoms with Crippen LogP contribution in [0, 0.1) is 23.7 Å². The first-order chi connectivity index (χ1) is 15.5. The van der Waals surface area contributed by atoms with E-state index in [1.54, 1.807) is 12.2 Å². The molecule has 1 atom stereocenters. The predicted molar refractivity (Wildman–Crippen MR) is 113 cm³/mol. The van der Waals surface area contributed by atoms with Crippen LogP contribution in [-0.2, 0) is 4.74 Å². The molecule has 8 heteroatoms. The van der Waals surface area contributed by atoms with Crippen molar-refractivity contribution >= 4 is 0 Å². The Hall–Kier alpha value is -1.05. The van der Waals surface area contributed by atoms with Crippen LogP contribution in [0.5, 0.6) is 0 Å². The van der Waals surface area contributed by atoms with Crippen LogP contribution in [0.2, 0.25) is 0 Å². The third-order valence-electron chi connectivity index (χ3n) is 7.88. The molecule has 0 radical (unpaired) electrons. The maximum atomic E-state index is 13.7. The molecule has 0 aliphatic heterocycles. The van der Waals surface area contributed by atoms with Crippen LogP contribution in [0.15, 0.2) is 23.8 Å². The number of allylic oxidation sites excluding steroid dienone is 2. The van der Waals surface area contributed by atoms with Crippen LogP contribution >= 0.6 is 0 Å². The van der Waals surface area contributed by atoms with Gasteiger partial charge in [0.2, 0.25) is 0 Å². The van der Waals surface area contributed by atoms with Gasteiger partial charge in [0.25, 0.3) is 0 Å². The zero-order chi connectivity index (χ0) is 24.3. The fourth-order valence-corrected chi connectivity index (χ4v) is 5.85. The summed E-state index contributed by atoms with van der Waals surface area (Å²) >= 11 is 0. The zero-order valence-corrected chi connectivity index (χ0v) is 19.2. The molecule has 0 saturated heterocycles. The van der Waals surface area contributed by atoms with E-state index in [9.17, 15) is 30.7 Å². The molecule has 1 unspecified atom stereocenters. The molecular formula is C25H35F7O. The van der Waals surface area contributed by atoms with Crippen LogP contribution in [0.1, 0.15) is 77.6 Å². The van der Waals surface area contributed by atoms with Gasteiger partial charge in [0.1, 0.15) is 0 Å². The summed E-state index contributed by atoms with van der Waals surface area (Å²) in [6.45, 7) is -0.658. The van der Waals surface area contributed by atoms with E-state index in [2.05, 4.69) is 11.7 Å². The summed E-state index contributed by atoms with van der Waals surface area (Å²) in [5.41, 5.74) is 0.962. The zero-order valence-electron chi connectivity index (χ0n) is 19.2. The second kappa shape index (κ2) is 10.7. The lowest BCUT2D eigenvalue weighted by atomic mass is 9.67. The Balaban J connectivity index is 1.47. The van der Waals surface area contributed by atoms with Gasteiger partial charge in [-0.25, -0.2) is 4.39 Å². The van der Waals surface area contributed by atoms with Gasteiger partial charge >= 0.3 is 18.0 Å². The van der Waals surface area contributed by atoms with Gasteiger partial charge in [-0.1, -0.05) is 50.8 Å². The van der Waals surface area contributed by atoms with Gasteiger partial charge < -0.3 is 4.74 Å². The van der Waals surface area contributed by atoms with E-state index >= 15 is 0 Å². The summed E-state index contributed by atoms with van der Waals surface area (Å²) in [5, 5.41) is 0. The van der Waals surface area contributed by atoms with E-state index in [0.29, 0.717) is 0 Å². The quantitative estimate of drug-likeness (QED) is 0.298. The molecule has 0 heterocycles. The highest BCUT2D eigenvalue weighted by Crippen LogP contribution is 2.48.